The van der Waals surface area contributed by atoms with Crippen molar-refractivity contribution in [3.05, 3.63) is 64.0 Å². The summed E-state index contributed by atoms with van der Waals surface area (Å²) in [6, 6.07) is 15.6. The molecule has 0 aliphatic rings. The fourth-order valence-electron chi connectivity index (χ4n) is 2.38. The van der Waals surface area contributed by atoms with Crippen molar-refractivity contribution in [2.75, 3.05) is 0 Å². The Labute approximate surface area is 146 Å². The molecule has 0 spiro atoms. The standard InChI is InChI=1S/C18H14N2O2S2/c1-11-6-9-16(23-11)17(21)19-10-12-7-8-14(22-12)18-20-13-4-2-3-5-15(13)24-18/h2-9H,10H2,1H3,(H,19,21). The van der Waals surface area contributed by atoms with Gasteiger partial charge in [0.15, 0.2) is 10.8 Å². The van der Waals surface area contributed by atoms with E-state index in [0.717, 1.165) is 25.9 Å². The molecule has 0 fully saturated rings. The minimum atomic E-state index is -0.0777. The Morgan fingerprint density at radius 2 is 2.00 bits per heavy atom. The molecule has 1 aromatic carbocycles. The first-order valence-corrected chi connectivity index (χ1v) is 9.11. The topological polar surface area (TPSA) is 55.1 Å². The van der Waals surface area contributed by atoms with Gasteiger partial charge in [0.2, 0.25) is 0 Å². The second-order valence-electron chi connectivity index (χ2n) is 5.35. The van der Waals surface area contributed by atoms with Gasteiger partial charge in [-0.1, -0.05) is 12.1 Å². The minimum absolute atomic E-state index is 0.0777. The summed E-state index contributed by atoms with van der Waals surface area (Å²) in [7, 11) is 0. The number of fused-ring (bicyclic) bond motifs is 1. The maximum absolute atomic E-state index is 12.1. The van der Waals surface area contributed by atoms with Crippen LogP contribution < -0.4 is 5.32 Å². The quantitative estimate of drug-likeness (QED) is 0.569. The Balaban J connectivity index is 1.47. The molecule has 6 heteroatoms. The van der Waals surface area contributed by atoms with Crippen molar-refractivity contribution in [3.8, 4) is 10.8 Å². The summed E-state index contributed by atoms with van der Waals surface area (Å²) in [6.07, 6.45) is 0. The van der Waals surface area contributed by atoms with Gasteiger partial charge in [-0.15, -0.1) is 22.7 Å². The molecule has 3 aromatic heterocycles. The minimum Gasteiger partial charge on any atom is -0.457 e. The first-order valence-electron chi connectivity index (χ1n) is 7.48. The number of nitrogens with one attached hydrogen (secondary N) is 1. The van der Waals surface area contributed by atoms with Gasteiger partial charge < -0.3 is 9.73 Å². The van der Waals surface area contributed by atoms with Gasteiger partial charge in [0.25, 0.3) is 5.91 Å². The molecule has 0 radical (unpaired) electrons. The maximum atomic E-state index is 12.1. The van der Waals surface area contributed by atoms with Crippen LogP contribution in [0.5, 0.6) is 0 Å². The molecule has 4 aromatic rings. The average molecular weight is 354 g/mol. The molecule has 0 saturated heterocycles. The monoisotopic (exact) mass is 354 g/mol. The summed E-state index contributed by atoms with van der Waals surface area (Å²) in [5.74, 6) is 1.37. The molecule has 0 aliphatic carbocycles. The molecule has 4 nitrogen and oxygen atoms in total. The highest BCUT2D eigenvalue weighted by atomic mass is 32.1. The van der Waals surface area contributed by atoms with Crippen molar-refractivity contribution in [2.24, 2.45) is 0 Å². The van der Waals surface area contributed by atoms with Gasteiger partial charge in [0.05, 0.1) is 21.6 Å². The Morgan fingerprint density at radius 3 is 2.79 bits per heavy atom. The number of aryl methyl sites for hydroxylation is 1. The number of nitrogens with zero attached hydrogens (tertiary/aromatic N) is 1. The number of hydrogen-bond acceptors (Lipinski definition) is 5. The lowest BCUT2D eigenvalue weighted by atomic mass is 10.3. The molecule has 0 atom stereocenters. The molecule has 0 bridgehead atoms. The third-order valence-electron chi connectivity index (χ3n) is 3.55. The van der Waals surface area contributed by atoms with E-state index in [1.54, 1.807) is 11.3 Å². The number of benzene rings is 1. The van der Waals surface area contributed by atoms with Crippen LogP contribution in [0.1, 0.15) is 20.3 Å². The van der Waals surface area contributed by atoms with E-state index in [-0.39, 0.29) is 5.91 Å². The van der Waals surface area contributed by atoms with Gasteiger partial charge in [0.1, 0.15) is 5.76 Å². The highest BCUT2D eigenvalue weighted by Crippen LogP contribution is 2.31. The van der Waals surface area contributed by atoms with E-state index >= 15 is 0 Å². The first-order chi connectivity index (χ1) is 11.7. The maximum Gasteiger partial charge on any atom is 0.261 e. The SMILES string of the molecule is Cc1ccc(C(=O)NCc2ccc(-c3nc4ccccc4s3)o2)s1. The number of rotatable bonds is 4. The van der Waals surface area contributed by atoms with Crippen molar-refractivity contribution >= 4 is 38.8 Å². The highest BCUT2D eigenvalue weighted by Gasteiger charge is 2.12. The Kier molecular flexibility index (Phi) is 3.92. The number of para-hydroxylation sites is 1. The second kappa shape index (κ2) is 6.22. The van der Waals surface area contributed by atoms with Crippen LogP contribution in [0.15, 0.2) is 52.9 Å². The summed E-state index contributed by atoms with van der Waals surface area (Å²) in [5, 5.41) is 3.73. The van der Waals surface area contributed by atoms with Crippen LogP contribution in [0.4, 0.5) is 0 Å². The zero-order chi connectivity index (χ0) is 16.5. The molecule has 0 aliphatic heterocycles. The lowest BCUT2D eigenvalue weighted by Crippen LogP contribution is -2.21. The van der Waals surface area contributed by atoms with Crippen LogP contribution in [-0.2, 0) is 6.54 Å². The van der Waals surface area contributed by atoms with Gasteiger partial charge in [-0.05, 0) is 43.3 Å². The number of thiophene rings is 1. The number of carbonyl (C=O) groups excluding carboxylic acids is 1. The van der Waals surface area contributed by atoms with E-state index in [0.29, 0.717) is 17.2 Å². The number of thiazole rings is 1. The van der Waals surface area contributed by atoms with E-state index in [1.807, 2.05) is 55.5 Å². The number of amides is 1. The average Bonchev–Trinajstić information content (AvgIpc) is 3.31. The zero-order valence-corrected chi connectivity index (χ0v) is 14.5. The van der Waals surface area contributed by atoms with Crippen molar-refractivity contribution < 1.29 is 9.21 Å². The Morgan fingerprint density at radius 1 is 1.12 bits per heavy atom. The fraction of sp³-hybridized carbons (Fsp3) is 0.111. The summed E-state index contributed by atoms with van der Waals surface area (Å²) in [4.78, 5) is 18.5. The van der Waals surface area contributed by atoms with Gasteiger partial charge >= 0.3 is 0 Å². The van der Waals surface area contributed by atoms with E-state index in [9.17, 15) is 4.79 Å². The van der Waals surface area contributed by atoms with Gasteiger partial charge in [-0.25, -0.2) is 4.98 Å². The van der Waals surface area contributed by atoms with Gasteiger partial charge in [-0.2, -0.15) is 0 Å². The lowest BCUT2D eigenvalue weighted by Gasteiger charge is -2.00. The second-order valence-corrected chi connectivity index (χ2v) is 7.66. The molecule has 4 rings (SSSR count). The number of furan rings is 1. The normalized spacial score (nSPS) is 11.0. The van der Waals surface area contributed by atoms with Gasteiger partial charge in [-0.3, -0.25) is 4.79 Å². The molecule has 1 N–H and O–H groups in total. The van der Waals surface area contributed by atoms with Gasteiger partial charge in [0, 0.05) is 4.88 Å². The summed E-state index contributed by atoms with van der Waals surface area (Å²) in [6.45, 7) is 2.35. The molecular formula is C18H14N2O2S2. The van der Waals surface area contributed by atoms with Crippen molar-refractivity contribution in [1.29, 1.82) is 0 Å². The Hall–Kier alpha value is -2.44. The van der Waals surface area contributed by atoms with Crippen molar-refractivity contribution in [3.63, 3.8) is 0 Å². The van der Waals surface area contributed by atoms with Crippen molar-refractivity contribution in [2.45, 2.75) is 13.5 Å². The summed E-state index contributed by atoms with van der Waals surface area (Å²) >= 11 is 3.08. The molecule has 0 saturated carbocycles. The predicted octanol–water partition coefficient (Wildman–Crippen LogP) is 4.86. The van der Waals surface area contributed by atoms with Crippen LogP contribution in [0.25, 0.3) is 21.0 Å². The molecule has 3 heterocycles. The van der Waals surface area contributed by atoms with E-state index < -0.39 is 0 Å². The van der Waals surface area contributed by atoms with Crippen LogP contribution >= 0.6 is 22.7 Å². The highest BCUT2D eigenvalue weighted by molar-refractivity contribution is 7.21. The van der Waals surface area contributed by atoms with Crippen LogP contribution in [-0.4, -0.2) is 10.9 Å². The molecule has 24 heavy (non-hydrogen) atoms. The largest absolute Gasteiger partial charge is 0.457 e. The van der Waals surface area contributed by atoms with Crippen LogP contribution in [0.3, 0.4) is 0 Å². The zero-order valence-electron chi connectivity index (χ0n) is 12.9. The predicted molar refractivity (Wildman–Crippen MR) is 97.5 cm³/mol. The third-order valence-corrected chi connectivity index (χ3v) is 5.60. The fourth-order valence-corrected chi connectivity index (χ4v) is 4.09. The molecule has 1 amide bonds. The summed E-state index contributed by atoms with van der Waals surface area (Å²) < 4.78 is 6.96. The van der Waals surface area contributed by atoms with E-state index in [1.165, 1.54) is 11.3 Å². The van der Waals surface area contributed by atoms with E-state index in [4.69, 9.17) is 4.42 Å². The van der Waals surface area contributed by atoms with Crippen LogP contribution in [0.2, 0.25) is 0 Å². The lowest BCUT2D eigenvalue weighted by molar-refractivity contribution is 0.0952. The number of aromatic nitrogens is 1. The molecule has 0 unspecified atom stereocenters. The molecule has 120 valence electrons. The smallest absolute Gasteiger partial charge is 0.261 e. The summed E-state index contributed by atoms with van der Waals surface area (Å²) in [5.41, 5.74) is 0.969. The third kappa shape index (κ3) is 2.98. The Bertz CT molecular complexity index is 980. The van der Waals surface area contributed by atoms with Crippen molar-refractivity contribution in [1.82, 2.24) is 10.3 Å². The number of carbonyl (C=O) groups is 1. The first kappa shape index (κ1) is 15.1. The number of hydrogen-bond donors (Lipinski definition) is 1. The van der Waals surface area contributed by atoms with Crippen LogP contribution in [0, 0.1) is 6.92 Å². The molecular weight excluding hydrogens is 340 g/mol. The van der Waals surface area contributed by atoms with E-state index in [2.05, 4.69) is 10.3 Å².